The molecule has 7 heteroatoms. The highest BCUT2D eigenvalue weighted by atomic mass is 16.5. The highest BCUT2D eigenvalue weighted by Gasteiger charge is 2.28. The summed E-state index contributed by atoms with van der Waals surface area (Å²) in [6.07, 6.45) is 6.30. The SMILES string of the molecule is CCCCCCCC[C@H](NC(=O)[C@H](NC(=O)OCc1ccccc1)C(C)C)C(N)=O. The molecule has 0 aromatic heterocycles. The van der Waals surface area contributed by atoms with Gasteiger partial charge in [-0.25, -0.2) is 4.79 Å². The van der Waals surface area contributed by atoms with E-state index in [1.807, 2.05) is 44.2 Å². The van der Waals surface area contributed by atoms with Gasteiger partial charge in [0.25, 0.3) is 0 Å². The molecule has 7 nitrogen and oxygen atoms in total. The van der Waals surface area contributed by atoms with Crippen LogP contribution in [0.1, 0.15) is 71.3 Å². The molecule has 0 heterocycles. The van der Waals surface area contributed by atoms with Gasteiger partial charge in [-0.15, -0.1) is 0 Å². The lowest BCUT2D eigenvalue weighted by Gasteiger charge is -2.24. The van der Waals surface area contributed by atoms with Crippen molar-refractivity contribution in [3.05, 3.63) is 35.9 Å². The zero-order chi connectivity index (χ0) is 22.4. The van der Waals surface area contributed by atoms with Crippen LogP contribution in [-0.4, -0.2) is 30.0 Å². The van der Waals surface area contributed by atoms with Crippen LogP contribution in [0.15, 0.2) is 30.3 Å². The van der Waals surface area contributed by atoms with E-state index >= 15 is 0 Å². The number of nitrogens with two attached hydrogens (primary N) is 1. The zero-order valence-corrected chi connectivity index (χ0v) is 18.5. The van der Waals surface area contributed by atoms with Crippen molar-refractivity contribution in [2.75, 3.05) is 0 Å². The van der Waals surface area contributed by atoms with Crippen molar-refractivity contribution >= 4 is 17.9 Å². The molecule has 0 aliphatic carbocycles. The summed E-state index contributed by atoms with van der Waals surface area (Å²) in [6.45, 7) is 5.90. The van der Waals surface area contributed by atoms with Gasteiger partial charge in [-0.3, -0.25) is 9.59 Å². The molecular formula is C23H37N3O4. The van der Waals surface area contributed by atoms with Gasteiger partial charge < -0.3 is 21.1 Å². The number of hydrogen-bond acceptors (Lipinski definition) is 4. The number of unbranched alkanes of at least 4 members (excludes halogenated alkanes) is 5. The Hall–Kier alpha value is -2.57. The molecule has 3 amide bonds. The Kier molecular flexibility index (Phi) is 12.2. The quantitative estimate of drug-likeness (QED) is 0.400. The van der Waals surface area contributed by atoms with Crippen molar-refractivity contribution in [2.45, 2.75) is 84.4 Å². The number of carbonyl (C=O) groups is 3. The molecule has 0 spiro atoms. The van der Waals surface area contributed by atoms with E-state index in [1.165, 1.54) is 19.3 Å². The average Bonchev–Trinajstić information content (AvgIpc) is 2.72. The number of nitrogens with one attached hydrogen (secondary N) is 2. The highest BCUT2D eigenvalue weighted by molar-refractivity contribution is 5.90. The Morgan fingerprint density at radius 3 is 2.20 bits per heavy atom. The Morgan fingerprint density at radius 1 is 0.967 bits per heavy atom. The molecule has 0 unspecified atom stereocenters. The van der Waals surface area contributed by atoms with Crippen molar-refractivity contribution in [1.82, 2.24) is 10.6 Å². The van der Waals surface area contributed by atoms with Crippen molar-refractivity contribution in [3.63, 3.8) is 0 Å². The van der Waals surface area contributed by atoms with Gasteiger partial charge in [0.2, 0.25) is 11.8 Å². The molecular weight excluding hydrogens is 382 g/mol. The summed E-state index contributed by atoms with van der Waals surface area (Å²) in [4.78, 5) is 36.6. The summed E-state index contributed by atoms with van der Waals surface area (Å²) >= 11 is 0. The third-order valence-electron chi connectivity index (χ3n) is 4.94. The predicted octanol–water partition coefficient (Wildman–Crippen LogP) is 3.66. The largest absolute Gasteiger partial charge is 0.445 e. The van der Waals surface area contributed by atoms with Gasteiger partial charge in [0.1, 0.15) is 18.7 Å². The minimum absolute atomic E-state index is 0.112. The molecule has 0 aliphatic heterocycles. The number of hydrogen-bond donors (Lipinski definition) is 3. The van der Waals surface area contributed by atoms with Gasteiger partial charge in [0, 0.05) is 0 Å². The molecule has 0 radical (unpaired) electrons. The fourth-order valence-electron chi connectivity index (χ4n) is 3.10. The summed E-state index contributed by atoms with van der Waals surface area (Å²) in [6, 6.07) is 7.72. The molecule has 1 rings (SSSR count). The first-order chi connectivity index (χ1) is 14.3. The average molecular weight is 420 g/mol. The van der Waals surface area contributed by atoms with E-state index in [9.17, 15) is 14.4 Å². The fourth-order valence-corrected chi connectivity index (χ4v) is 3.10. The second-order valence-corrected chi connectivity index (χ2v) is 7.95. The van der Waals surface area contributed by atoms with Crippen LogP contribution in [0.25, 0.3) is 0 Å². The van der Waals surface area contributed by atoms with Crippen molar-refractivity contribution in [3.8, 4) is 0 Å². The van der Waals surface area contributed by atoms with E-state index in [0.717, 1.165) is 24.8 Å². The number of primary amides is 1. The maximum Gasteiger partial charge on any atom is 0.408 e. The molecule has 1 aromatic rings. The number of rotatable bonds is 14. The minimum atomic E-state index is -0.820. The van der Waals surface area contributed by atoms with Crippen molar-refractivity contribution in [2.24, 2.45) is 11.7 Å². The summed E-state index contributed by atoms with van der Waals surface area (Å²) < 4.78 is 5.20. The normalized spacial score (nSPS) is 12.8. The van der Waals surface area contributed by atoms with Crippen molar-refractivity contribution < 1.29 is 19.1 Å². The van der Waals surface area contributed by atoms with Crippen molar-refractivity contribution in [1.29, 1.82) is 0 Å². The van der Waals surface area contributed by atoms with Gasteiger partial charge in [-0.2, -0.15) is 0 Å². The van der Waals surface area contributed by atoms with Crippen LogP contribution in [0.3, 0.4) is 0 Å². The third-order valence-corrected chi connectivity index (χ3v) is 4.94. The van der Waals surface area contributed by atoms with E-state index in [-0.39, 0.29) is 12.5 Å². The third kappa shape index (κ3) is 10.3. The Labute approximate surface area is 180 Å². The van der Waals surface area contributed by atoms with Crippen LogP contribution in [0.2, 0.25) is 0 Å². The maximum absolute atomic E-state index is 12.7. The van der Waals surface area contributed by atoms with E-state index in [0.29, 0.717) is 6.42 Å². The number of amides is 3. The maximum atomic E-state index is 12.7. The number of ether oxygens (including phenoxy) is 1. The Balaban J connectivity index is 2.52. The molecule has 30 heavy (non-hydrogen) atoms. The summed E-state index contributed by atoms with van der Waals surface area (Å²) in [7, 11) is 0. The molecule has 4 N–H and O–H groups in total. The molecule has 0 aliphatic rings. The summed E-state index contributed by atoms with van der Waals surface area (Å²) in [5.41, 5.74) is 6.32. The van der Waals surface area contributed by atoms with Gasteiger partial charge in [-0.05, 0) is 17.9 Å². The van der Waals surface area contributed by atoms with E-state index < -0.39 is 30.0 Å². The van der Waals surface area contributed by atoms with Crippen LogP contribution in [0, 0.1) is 5.92 Å². The molecule has 0 bridgehead atoms. The van der Waals surface area contributed by atoms with Gasteiger partial charge in [-0.1, -0.05) is 89.6 Å². The number of carbonyl (C=O) groups excluding carboxylic acids is 3. The number of benzene rings is 1. The smallest absolute Gasteiger partial charge is 0.408 e. The van der Waals surface area contributed by atoms with Gasteiger partial charge >= 0.3 is 6.09 Å². The molecule has 0 fully saturated rings. The first-order valence-corrected chi connectivity index (χ1v) is 10.9. The fraction of sp³-hybridized carbons (Fsp3) is 0.609. The van der Waals surface area contributed by atoms with Crippen LogP contribution in [-0.2, 0) is 20.9 Å². The lowest BCUT2D eigenvalue weighted by Crippen LogP contribution is -2.54. The highest BCUT2D eigenvalue weighted by Crippen LogP contribution is 2.10. The van der Waals surface area contributed by atoms with E-state index in [2.05, 4.69) is 17.6 Å². The van der Waals surface area contributed by atoms with Crippen LogP contribution >= 0.6 is 0 Å². The topological polar surface area (TPSA) is 111 Å². The lowest BCUT2D eigenvalue weighted by molar-refractivity contribution is -0.129. The molecule has 0 saturated heterocycles. The molecule has 0 saturated carbocycles. The monoisotopic (exact) mass is 419 g/mol. The molecule has 1 aromatic carbocycles. The Bertz CT molecular complexity index is 649. The van der Waals surface area contributed by atoms with E-state index in [4.69, 9.17) is 10.5 Å². The van der Waals surface area contributed by atoms with E-state index in [1.54, 1.807) is 0 Å². The lowest BCUT2D eigenvalue weighted by atomic mass is 10.0. The second kappa shape index (κ2) is 14.4. The van der Waals surface area contributed by atoms with Gasteiger partial charge in [0.15, 0.2) is 0 Å². The number of alkyl carbamates (subject to hydrolysis) is 1. The first-order valence-electron chi connectivity index (χ1n) is 10.9. The summed E-state index contributed by atoms with van der Waals surface area (Å²) in [5, 5.41) is 5.29. The minimum Gasteiger partial charge on any atom is -0.445 e. The second-order valence-electron chi connectivity index (χ2n) is 7.95. The first kappa shape index (κ1) is 25.5. The predicted molar refractivity (Wildman–Crippen MR) is 118 cm³/mol. The summed E-state index contributed by atoms with van der Waals surface area (Å²) in [5.74, 6) is -1.18. The van der Waals surface area contributed by atoms with Crippen LogP contribution in [0.5, 0.6) is 0 Å². The van der Waals surface area contributed by atoms with Crippen LogP contribution < -0.4 is 16.4 Å². The molecule has 2 atom stereocenters. The Morgan fingerprint density at radius 2 is 1.60 bits per heavy atom. The standard InChI is InChI=1S/C23H37N3O4/c1-4-5-6-7-8-12-15-19(21(24)27)25-22(28)20(17(2)3)26-23(29)30-16-18-13-10-9-11-14-18/h9-11,13-14,17,19-20H,4-8,12,15-16H2,1-3H3,(H2,24,27)(H,25,28)(H,26,29)/t19-,20+/m0/s1. The zero-order valence-electron chi connectivity index (χ0n) is 18.5. The van der Waals surface area contributed by atoms with Crippen LogP contribution in [0.4, 0.5) is 4.79 Å². The van der Waals surface area contributed by atoms with Gasteiger partial charge in [0.05, 0.1) is 0 Å². The molecule has 168 valence electrons.